The predicted octanol–water partition coefficient (Wildman–Crippen LogP) is 3.58. The summed E-state index contributed by atoms with van der Waals surface area (Å²) in [6, 6.07) is 5.46. The highest BCUT2D eigenvalue weighted by Crippen LogP contribution is 2.27. The van der Waals surface area contributed by atoms with Gasteiger partial charge in [-0.3, -0.25) is 13.8 Å². The van der Waals surface area contributed by atoms with Gasteiger partial charge in [-0.25, -0.2) is 4.98 Å². The largest absolute Gasteiger partial charge is 0.467 e. The topological polar surface area (TPSA) is 81.5 Å². The second kappa shape index (κ2) is 8.27. The Morgan fingerprint density at radius 3 is 2.90 bits per heavy atom. The van der Waals surface area contributed by atoms with Crippen LogP contribution in [0.3, 0.4) is 0 Å². The highest BCUT2D eigenvalue weighted by molar-refractivity contribution is 7.98. The van der Waals surface area contributed by atoms with Gasteiger partial charge in [0.1, 0.15) is 5.76 Å². The van der Waals surface area contributed by atoms with Gasteiger partial charge in [-0.15, -0.1) is 21.5 Å². The lowest BCUT2D eigenvalue weighted by Gasteiger charge is -2.27. The molecule has 0 bridgehead atoms. The van der Waals surface area contributed by atoms with E-state index in [1.165, 1.54) is 30.6 Å². The third-order valence-electron chi connectivity index (χ3n) is 5.21. The summed E-state index contributed by atoms with van der Waals surface area (Å²) >= 11 is 3.03. The number of aromatic nitrogens is 5. The van der Waals surface area contributed by atoms with Crippen molar-refractivity contribution >= 4 is 34.0 Å². The smallest absolute Gasteiger partial charge is 0.258 e. The minimum Gasteiger partial charge on any atom is -0.467 e. The summed E-state index contributed by atoms with van der Waals surface area (Å²) in [5.74, 6) is 2.30. The number of piperidine rings is 1. The van der Waals surface area contributed by atoms with E-state index in [0.29, 0.717) is 12.3 Å². The molecular formula is C20H22N6O2S2. The first kappa shape index (κ1) is 19.4. The van der Waals surface area contributed by atoms with E-state index in [4.69, 9.17) is 4.42 Å². The molecule has 1 saturated heterocycles. The number of furan rings is 1. The monoisotopic (exact) mass is 442 g/mol. The number of aryl methyl sites for hydroxylation is 1. The first-order chi connectivity index (χ1) is 14.7. The second-order valence-corrected chi connectivity index (χ2v) is 9.14. The lowest BCUT2D eigenvalue weighted by atomic mass is 10.1. The molecule has 0 amide bonds. The van der Waals surface area contributed by atoms with Crippen molar-refractivity contribution in [3.63, 3.8) is 0 Å². The van der Waals surface area contributed by atoms with Crippen LogP contribution in [0.4, 0.5) is 5.95 Å². The SMILES string of the molecule is Cc1csc2nc(CSc3nnc(N4CCCCC4)n3Cc3ccco3)cc(=O)n12. The van der Waals surface area contributed by atoms with Gasteiger partial charge in [-0.2, -0.15) is 0 Å². The van der Waals surface area contributed by atoms with Crippen molar-refractivity contribution in [2.24, 2.45) is 0 Å². The van der Waals surface area contributed by atoms with Crippen LogP contribution in [-0.4, -0.2) is 37.2 Å². The molecule has 156 valence electrons. The number of hydrogen-bond acceptors (Lipinski definition) is 8. The van der Waals surface area contributed by atoms with Crippen LogP contribution in [0.15, 0.2) is 44.2 Å². The van der Waals surface area contributed by atoms with Crippen LogP contribution in [0, 0.1) is 6.92 Å². The maximum atomic E-state index is 12.5. The quantitative estimate of drug-likeness (QED) is 0.422. The van der Waals surface area contributed by atoms with Crippen molar-refractivity contribution in [1.82, 2.24) is 24.1 Å². The lowest BCUT2D eigenvalue weighted by Crippen LogP contribution is -2.32. The lowest BCUT2D eigenvalue weighted by molar-refractivity contribution is 0.479. The maximum absolute atomic E-state index is 12.5. The summed E-state index contributed by atoms with van der Waals surface area (Å²) in [6.45, 7) is 4.48. The van der Waals surface area contributed by atoms with E-state index < -0.39 is 0 Å². The molecular weight excluding hydrogens is 420 g/mol. The molecule has 1 fully saturated rings. The van der Waals surface area contributed by atoms with Gasteiger partial charge in [0, 0.05) is 36.0 Å². The van der Waals surface area contributed by atoms with Crippen molar-refractivity contribution in [3.8, 4) is 0 Å². The Balaban J connectivity index is 1.42. The van der Waals surface area contributed by atoms with Crippen LogP contribution in [0.2, 0.25) is 0 Å². The number of thiazole rings is 1. The first-order valence-electron chi connectivity index (χ1n) is 9.99. The highest BCUT2D eigenvalue weighted by atomic mass is 32.2. The summed E-state index contributed by atoms with van der Waals surface area (Å²) in [5, 5.41) is 11.7. The molecule has 0 unspecified atom stereocenters. The van der Waals surface area contributed by atoms with Gasteiger partial charge in [0.2, 0.25) is 5.95 Å². The van der Waals surface area contributed by atoms with Crippen molar-refractivity contribution in [1.29, 1.82) is 0 Å². The van der Waals surface area contributed by atoms with Gasteiger partial charge in [0.25, 0.3) is 5.56 Å². The molecule has 5 rings (SSSR count). The first-order valence-corrected chi connectivity index (χ1v) is 11.9. The van der Waals surface area contributed by atoms with E-state index in [1.54, 1.807) is 28.5 Å². The summed E-state index contributed by atoms with van der Waals surface area (Å²) in [5.41, 5.74) is 1.62. The molecule has 4 aromatic rings. The molecule has 5 heterocycles. The van der Waals surface area contributed by atoms with E-state index in [-0.39, 0.29) is 5.56 Å². The number of hydrogen-bond donors (Lipinski definition) is 0. The zero-order chi connectivity index (χ0) is 20.5. The Morgan fingerprint density at radius 1 is 1.23 bits per heavy atom. The fourth-order valence-electron chi connectivity index (χ4n) is 3.73. The average Bonchev–Trinajstić information content (AvgIpc) is 3.49. The number of anilines is 1. The molecule has 0 aromatic carbocycles. The molecule has 0 radical (unpaired) electrons. The normalized spacial score (nSPS) is 14.6. The van der Waals surface area contributed by atoms with Crippen LogP contribution >= 0.6 is 23.1 Å². The van der Waals surface area contributed by atoms with E-state index in [0.717, 1.165) is 46.3 Å². The molecule has 30 heavy (non-hydrogen) atoms. The molecule has 8 nitrogen and oxygen atoms in total. The molecule has 10 heteroatoms. The molecule has 0 aliphatic carbocycles. The van der Waals surface area contributed by atoms with E-state index in [1.807, 2.05) is 24.4 Å². The minimum absolute atomic E-state index is 0.0413. The van der Waals surface area contributed by atoms with Crippen LogP contribution in [0.5, 0.6) is 0 Å². The van der Waals surface area contributed by atoms with E-state index >= 15 is 0 Å². The van der Waals surface area contributed by atoms with Gasteiger partial charge in [0.05, 0.1) is 18.5 Å². The maximum Gasteiger partial charge on any atom is 0.258 e. The Kier molecular flexibility index (Phi) is 5.34. The van der Waals surface area contributed by atoms with Gasteiger partial charge < -0.3 is 9.32 Å². The van der Waals surface area contributed by atoms with Crippen LogP contribution in [0.25, 0.3) is 4.96 Å². The van der Waals surface area contributed by atoms with Crippen LogP contribution < -0.4 is 10.5 Å². The Hall–Kier alpha value is -2.59. The molecule has 1 aliphatic rings. The fraction of sp³-hybridized carbons (Fsp3) is 0.400. The van der Waals surface area contributed by atoms with E-state index in [9.17, 15) is 4.79 Å². The summed E-state index contributed by atoms with van der Waals surface area (Å²) in [7, 11) is 0. The van der Waals surface area contributed by atoms with E-state index in [2.05, 4.69) is 24.6 Å². The van der Waals surface area contributed by atoms with Gasteiger partial charge in [0.15, 0.2) is 10.1 Å². The van der Waals surface area contributed by atoms with Gasteiger partial charge in [-0.1, -0.05) is 11.8 Å². The number of thioether (sulfide) groups is 1. The van der Waals surface area contributed by atoms with Crippen LogP contribution in [0.1, 0.15) is 36.4 Å². The zero-order valence-corrected chi connectivity index (χ0v) is 18.3. The Morgan fingerprint density at radius 2 is 2.10 bits per heavy atom. The van der Waals surface area contributed by atoms with Gasteiger partial charge in [-0.05, 0) is 38.3 Å². The molecule has 1 aliphatic heterocycles. The highest BCUT2D eigenvalue weighted by Gasteiger charge is 2.21. The molecule has 0 atom stereocenters. The zero-order valence-electron chi connectivity index (χ0n) is 16.7. The third-order valence-corrected chi connectivity index (χ3v) is 7.15. The van der Waals surface area contributed by atoms with Crippen molar-refractivity contribution in [3.05, 3.63) is 57.3 Å². The van der Waals surface area contributed by atoms with Crippen molar-refractivity contribution in [2.75, 3.05) is 18.0 Å². The average molecular weight is 443 g/mol. The molecule has 0 N–H and O–H groups in total. The minimum atomic E-state index is -0.0413. The molecule has 0 saturated carbocycles. The Bertz CT molecular complexity index is 1200. The van der Waals surface area contributed by atoms with Crippen molar-refractivity contribution < 1.29 is 4.42 Å². The molecule has 0 spiro atoms. The summed E-state index contributed by atoms with van der Waals surface area (Å²) in [6.07, 6.45) is 5.29. The number of nitrogens with zero attached hydrogens (tertiary/aromatic N) is 6. The second-order valence-electron chi connectivity index (χ2n) is 7.37. The summed E-state index contributed by atoms with van der Waals surface area (Å²) < 4.78 is 9.33. The fourth-order valence-corrected chi connectivity index (χ4v) is 5.44. The molecule has 4 aromatic heterocycles. The third kappa shape index (κ3) is 3.77. The van der Waals surface area contributed by atoms with Crippen molar-refractivity contribution in [2.45, 2.75) is 43.6 Å². The summed E-state index contributed by atoms with van der Waals surface area (Å²) in [4.78, 5) is 20.1. The number of rotatable bonds is 6. The van der Waals surface area contributed by atoms with Crippen LogP contribution in [-0.2, 0) is 12.3 Å². The Labute approximate surface area is 181 Å². The standard InChI is InChI=1S/C20H22N6O2S2/c1-14-12-29-19-21-15(10-17(27)26(14)19)13-30-20-23-22-18(24-7-3-2-4-8-24)25(20)11-16-6-5-9-28-16/h5-6,9-10,12H,2-4,7-8,11,13H2,1H3. The van der Waals surface area contributed by atoms with Gasteiger partial charge >= 0.3 is 0 Å². The predicted molar refractivity (Wildman–Crippen MR) is 118 cm³/mol. The number of fused-ring (bicyclic) bond motifs is 1.